The third kappa shape index (κ3) is 1.93. The summed E-state index contributed by atoms with van der Waals surface area (Å²) in [6.07, 6.45) is 2.56. The number of benzene rings is 1. The summed E-state index contributed by atoms with van der Waals surface area (Å²) in [5, 5.41) is 12.4. The molecule has 0 amide bonds. The van der Waals surface area contributed by atoms with Gasteiger partial charge in [0.1, 0.15) is 11.6 Å². The lowest BCUT2D eigenvalue weighted by Crippen LogP contribution is -2.25. The van der Waals surface area contributed by atoms with E-state index < -0.39 is 5.82 Å². The number of rotatable bonds is 1. The first-order valence-electron chi connectivity index (χ1n) is 5.78. The summed E-state index contributed by atoms with van der Waals surface area (Å²) in [5.41, 5.74) is 2.34. The van der Waals surface area contributed by atoms with Crippen molar-refractivity contribution in [2.45, 2.75) is 13.0 Å². The van der Waals surface area contributed by atoms with Crippen molar-refractivity contribution in [3.8, 4) is 17.1 Å². The van der Waals surface area contributed by atoms with E-state index >= 15 is 0 Å². The van der Waals surface area contributed by atoms with Crippen LogP contribution in [0, 0.1) is 5.82 Å². The zero-order valence-electron chi connectivity index (χ0n) is 9.65. The minimum atomic E-state index is -0.510. The average Bonchev–Trinajstić information content (AvgIpc) is 2.38. The maximum absolute atomic E-state index is 13.7. The zero-order valence-corrected chi connectivity index (χ0v) is 9.65. The second-order valence-corrected chi connectivity index (χ2v) is 4.26. The van der Waals surface area contributed by atoms with Gasteiger partial charge in [-0.15, -0.1) is 0 Å². The first-order valence-corrected chi connectivity index (χ1v) is 5.78. The van der Waals surface area contributed by atoms with Crippen LogP contribution < -0.4 is 5.32 Å². The summed E-state index contributed by atoms with van der Waals surface area (Å²) in [7, 11) is 0. The smallest absolute Gasteiger partial charge is 0.162 e. The molecular formula is C13H12FN3O. The van der Waals surface area contributed by atoms with Crippen molar-refractivity contribution in [2.75, 3.05) is 6.54 Å². The molecule has 0 bridgehead atoms. The lowest BCUT2D eigenvalue weighted by Gasteiger charge is -2.16. The second kappa shape index (κ2) is 4.34. The van der Waals surface area contributed by atoms with Gasteiger partial charge in [-0.1, -0.05) is 0 Å². The van der Waals surface area contributed by atoms with Crippen LogP contribution in [0.4, 0.5) is 4.39 Å². The normalized spacial score (nSPS) is 14.3. The van der Waals surface area contributed by atoms with Crippen LogP contribution in [-0.2, 0) is 13.0 Å². The topological polar surface area (TPSA) is 58.0 Å². The molecule has 0 atom stereocenters. The van der Waals surface area contributed by atoms with Crippen LogP contribution in [0.25, 0.3) is 11.4 Å². The van der Waals surface area contributed by atoms with Crippen LogP contribution in [0.2, 0.25) is 0 Å². The highest BCUT2D eigenvalue weighted by Crippen LogP contribution is 2.24. The fourth-order valence-electron chi connectivity index (χ4n) is 2.05. The lowest BCUT2D eigenvalue weighted by molar-refractivity contribution is 0.469. The Morgan fingerprint density at radius 3 is 3.06 bits per heavy atom. The van der Waals surface area contributed by atoms with Crippen LogP contribution in [0.15, 0.2) is 24.4 Å². The maximum atomic E-state index is 13.7. The van der Waals surface area contributed by atoms with Crippen molar-refractivity contribution >= 4 is 0 Å². The van der Waals surface area contributed by atoms with E-state index in [1.54, 1.807) is 6.20 Å². The Morgan fingerprint density at radius 2 is 2.22 bits per heavy atom. The van der Waals surface area contributed by atoms with Gasteiger partial charge in [0.2, 0.25) is 0 Å². The molecule has 2 aromatic rings. The number of halogens is 1. The van der Waals surface area contributed by atoms with E-state index in [0.717, 1.165) is 36.8 Å². The van der Waals surface area contributed by atoms with Gasteiger partial charge in [0.05, 0.1) is 11.3 Å². The van der Waals surface area contributed by atoms with E-state index in [4.69, 9.17) is 0 Å². The quantitative estimate of drug-likeness (QED) is 0.801. The molecule has 0 saturated heterocycles. The molecule has 5 heteroatoms. The van der Waals surface area contributed by atoms with Gasteiger partial charge in [0, 0.05) is 37.3 Å². The van der Waals surface area contributed by atoms with Crippen LogP contribution in [0.5, 0.6) is 5.75 Å². The summed E-state index contributed by atoms with van der Waals surface area (Å²) in [4.78, 5) is 8.58. The van der Waals surface area contributed by atoms with Crippen molar-refractivity contribution in [3.63, 3.8) is 0 Å². The number of fused-ring (bicyclic) bond motifs is 1. The van der Waals surface area contributed by atoms with Crippen molar-refractivity contribution in [1.29, 1.82) is 0 Å². The second-order valence-electron chi connectivity index (χ2n) is 4.26. The summed E-state index contributed by atoms with van der Waals surface area (Å²) < 4.78 is 13.7. The molecule has 2 heterocycles. The SMILES string of the molecule is Oc1ccc(-c2ncc3c(n2)CCNC3)c(F)c1. The van der Waals surface area contributed by atoms with Crippen molar-refractivity contribution < 1.29 is 9.50 Å². The highest BCUT2D eigenvalue weighted by atomic mass is 19.1. The van der Waals surface area contributed by atoms with Crippen molar-refractivity contribution in [2.24, 2.45) is 0 Å². The van der Waals surface area contributed by atoms with Crippen LogP contribution >= 0.6 is 0 Å². The zero-order chi connectivity index (χ0) is 12.5. The maximum Gasteiger partial charge on any atom is 0.162 e. The molecular weight excluding hydrogens is 233 g/mol. The Morgan fingerprint density at radius 1 is 1.33 bits per heavy atom. The summed E-state index contributed by atoms with van der Waals surface area (Å²) in [5.74, 6) is -0.240. The molecule has 0 saturated carbocycles. The fraction of sp³-hybridized carbons (Fsp3) is 0.231. The monoisotopic (exact) mass is 245 g/mol. The molecule has 2 N–H and O–H groups in total. The molecule has 0 radical (unpaired) electrons. The largest absolute Gasteiger partial charge is 0.508 e. The molecule has 0 spiro atoms. The molecule has 1 aromatic carbocycles. The molecule has 92 valence electrons. The van der Waals surface area contributed by atoms with E-state index in [1.165, 1.54) is 12.1 Å². The van der Waals surface area contributed by atoms with Crippen LogP contribution in [0.1, 0.15) is 11.3 Å². The van der Waals surface area contributed by atoms with Crippen LogP contribution in [0.3, 0.4) is 0 Å². The van der Waals surface area contributed by atoms with E-state index in [-0.39, 0.29) is 5.75 Å². The van der Waals surface area contributed by atoms with Gasteiger partial charge >= 0.3 is 0 Å². The minimum absolute atomic E-state index is 0.0987. The molecule has 18 heavy (non-hydrogen) atoms. The predicted molar refractivity (Wildman–Crippen MR) is 64.5 cm³/mol. The van der Waals surface area contributed by atoms with E-state index in [0.29, 0.717) is 11.4 Å². The molecule has 4 nitrogen and oxygen atoms in total. The molecule has 0 fully saturated rings. The van der Waals surface area contributed by atoms with Gasteiger partial charge in [-0.25, -0.2) is 14.4 Å². The minimum Gasteiger partial charge on any atom is -0.508 e. The Kier molecular flexibility index (Phi) is 2.68. The number of nitrogens with zero attached hydrogens (tertiary/aromatic N) is 2. The molecule has 3 rings (SSSR count). The number of aromatic hydroxyl groups is 1. The van der Waals surface area contributed by atoms with E-state index in [1.807, 2.05) is 0 Å². The highest BCUT2D eigenvalue weighted by Gasteiger charge is 2.14. The first kappa shape index (κ1) is 11.1. The average molecular weight is 245 g/mol. The standard InChI is InChI=1S/C13H12FN3O/c14-11-5-9(18)1-2-10(11)13-16-7-8-6-15-4-3-12(8)17-13/h1-2,5,7,15,18H,3-4,6H2. The number of hydrogen-bond acceptors (Lipinski definition) is 4. The lowest BCUT2D eigenvalue weighted by atomic mass is 10.1. The van der Waals surface area contributed by atoms with E-state index in [2.05, 4.69) is 15.3 Å². The number of nitrogens with one attached hydrogen (secondary N) is 1. The Hall–Kier alpha value is -2.01. The third-order valence-corrected chi connectivity index (χ3v) is 3.00. The molecule has 1 aliphatic heterocycles. The van der Waals surface area contributed by atoms with Crippen molar-refractivity contribution in [1.82, 2.24) is 15.3 Å². The fourth-order valence-corrected chi connectivity index (χ4v) is 2.05. The van der Waals surface area contributed by atoms with Gasteiger partial charge in [-0.2, -0.15) is 0 Å². The third-order valence-electron chi connectivity index (χ3n) is 3.00. The van der Waals surface area contributed by atoms with Gasteiger partial charge in [-0.05, 0) is 12.1 Å². The van der Waals surface area contributed by atoms with Gasteiger partial charge < -0.3 is 10.4 Å². The summed E-state index contributed by atoms with van der Waals surface area (Å²) in [6, 6.07) is 4.00. The van der Waals surface area contributed by atoms with E-state index in [9.17, 15) is 9.50 Å². The van der Waals surface area contributed by atoms with Gasteiger partial charge in [-0.3, -0.25) is 0 Å². The number of phenolic OH excluding ortho intramolecular Hbond substituents is 1. The molecule has 0 aliphatic carbocycles. The summed E-state index contributed by atoms with van der Waals surface area (Å²) in [6.45, 7) is 1.63. The molecule has 1 aromatic heterocycles. The number of phenols is 1. The molecule has 0 unspecified atom stereocenters. The van der Waals surface area contributed by atoms with Crippen LogP contribution in [-0.4, -0.2) is 21.6 Å². The Balaban J connectivity index is 2.06. The highest BCUT2D eigenvalue weighted by molar-refractivity contribution is 5.57. The Labute approximate surface area is 104 Å². The predicted octanol–water partition coefficient (Wildman–Crippen LogP) is 1.63. The number of hydrogen-bond donors (Lipinski definition) is 2. The van der Waals surface area contributed by atoms with Gasteiger partial charge in [0.25, 0.3) is 0 Å². The van der Waals surface area contributed by atoms with Gasteiger partial charge in [0.15, 0.2) is 5.82 Å². The first-order chi connectivity index (χ1) is 8.74. The number of aromatic nitrogens is 2. The summed E-state index contributed by atoms with van der Waals surface area (Å²) >= 11 is 0. The van der Waals surface area contributed by atoms with Crippen molar-refractivity contribution in [3.05, 3.63) is 41.5 Å². The molecule has 1 aliphatic rings. The Bertz CT molecular complexity index is 601.